The van der Waals surface area contributed by atoms with Gasteiger partial charge >= 0.3 is 0 Å². The zero-order valence-electron chi connectivity index (χ0n) is 15.4. The third-order valence-corrected chi connectivity index (χ3v) is 5.42. The van der Waals surface area contributed by atoms with E-state index in [0.29, 0.717) is 11.7 Å². The maximum absolute atomic E-state index is 12.7. The van der Waals surface area contributed by atoms with Crippen LogP contribution in [0.5, 0.6) is 0 Å². The van der Waals surface area contributed by atoms with Crippen molar-refractivity contribution in [3.8, 4) is 0 Å². The number of rotatable bonds is 3. The van der Waals surface area contributed by atoms with Crippen LogP contribution in [0.15, 0.2) is 36.7 Å². The van der Waals surface area contributed by atoms with Gasteiger partial charge in [-0.05, 0) is 31.5 Å². The predicted molar refractivity (Wildman–Crippen MR) is 102 cm³/mol. The van der Waals surface area contributed by atoms with Gasteiger partial charge in [-0.15, -0.1) is 0 Å². The van der Waals surface area contributed by atoms with E-state index in [2.05, 4.69) is 51.8 Å². The van der Waals surface area contributed by atoms with Crippen LogP contribution in [0.4, 0.5) is 11.5 Å². The number of anilines is 2. The summed E-state index contributed by atoms with van der Waals surface area (Å²) >= 11 is 0. The average molecular weight is 351 g/mol. The molecule has 136 valence electrons. The first-order chi connectivity index (χ1) is 12.7. The number of piperazine rings is 1. The Balaban J connectivity index is 1.50. The SMILES string of the molecule is CCN1CCN(C(=O)c2cnc(N3c4ccccc4CC3C)cn2)CC1. The number of aromatic nitrogens is 2. The highest BCUT2D eigenvalue weighted by Crippen LogP contribution is 2.36. The molecule has 2 aliphatic heterocycles. The second kappa shape index (κ2) is 7.03. The third kappa shape index (κ3) is 3.05. The fraction of sp³-hybridized carbons (Fsp3) is 0.450. The lowest BCUT2D eigenvalue weighted by atomic mass is 10.1. The Labute approximate surface area is 154 Å². The molecule has 0 aliphatic carbocycles. The number of carbonyl (C=O) groups excluding carboxylic acids is 1. The van der Waals surface area contributed by atoms with Gasteiger partial charge in [-0.3, -0.25) is 4.79 Å². The largest absolute Gasteiger partial charge is 0.335 e. The smallest absolute Gasteiger partial charge is 0.274 e. The van der Waals surface area contributed by atoms with E-state index < -0.39 is 0 Å². The average Bonchev–Trinajstić information content (AvgIpc) is 3.03. The first-order valence-corrected chi connectivity index (χ1v) is 9.38. The van der Waals surface area contributed by atoms with Crippen molar-refractivity contribution in [3.05, 3.63) is 47.9 Å². The molecular formula is C20H25N5O. The Bertz CT molecular complexity index is 783. The fourth-order valence-corrected chi connectivity index (χ4v) is 3.90. The van der Waals surface area contributed by atoms with E-state index in [0.717, 1.165) is 45.0 Å². The number of para-hydroxylation sites is 1. The van der Waals surface area contributed by atoms with Gasteiger partial charge in [-0.25, -0.2) is 9.97 Å². The number of fused-ring (bicyclic) bond motifs is 1. The van der Waals surface area contributed by atoms with Crippen molar-refractivity contribution in [1.29, 1.82) is 0 Å². The summed E-state index contributed by atoms with van der Waals surface area (Å²) in [4.78, 5) is 28.1. The van der Waals surface area contributed by atoms with Crippen LogP contribution in [0.2, 0.25) is 0 Å². The lowest BCUT2D eigenvalue weighted by molar-refractivity contribution is 0.0637. The van der Waals surface area contributed by atoms with Crippen LogP contribution in [0.25, 0.3) is 0 Å². The van der Waals surface area contributed by atoms with Gasteiger partial charge < -0.3 is 14.7 Å². The minimum Gasteiger partial charge on any atom is -0.335 e. The molecule has 3 heterocycles. The summed E-state index contributed by atoms with van der Waals surface area (Å²) in [7, 11) is 0. The Morgan fingerprint density at radius 2 is 1.88 bits per heavy atom. The molecule has 6 heteroatoms. The molecule has 0 saturated carbocycles. The maximum Gasteiger partial charge on any atom is 0.274 e. The van der Waals surface area contributed by atoms with Gasteiger partial charge in [0.25, 0.3) is 5.91 Å². The van der Waals surface area contributed by atoms with Crippen molar-refractivity contribution >= 4 is 17.4 Å². The second-order valence-corrected chi connectivity index (χ2v) is 7.04. The summed E-state index contributed by atoms with van der Waals surface area (Å²) in [6, 6.07) is 8.73. The van der Waals surface area contributed by atoms with Gasteiger partial charge in [-0.2, -0.15) is 0 Å². The lowest BCUT2D eigenvalue weighted by Gasteiger charge is -2.33. The van der Waals surface area contributed by atoms with Crippen LogP contribution < -0.4 is 4.90 Å². The van der Waals surface area contributed by atoms with E-state index in [1.54, 1.807) is 12.4 Å². The highest BCUT2D eigenvalue weighted by molar-refractivity contribution is 5.92. The third-order valence-electron chi connectivity index (χ3n) is 5.42. The Hall–Kier alpha value is -2.47. The molecule has 0 N–H and O–H groups in total. The summed E-state index contributed by atoms with van der Waals surface area (Å²) in [5, 5.41) is 0. The monoisotopic (exact) mass is 351 g/mol. The van der Waals surface area contributed by atoms with Gasteiger partial charge in [0.05, 0.1) is 12.4 Å². The van der Waals surface area contributed by atoms with Crippen molar-refractivity contribution in [3.63, 3.8) is 0 Å². The van der Waals surface area contributed by atoms with E-state index in [-0.39, 0.29) is 5.91 Å². The highest BCUT2D eigenvalue weighted by atomic mass is 16.2. The van der Waals surface area contributed by atoms with Crippen molar-refractivity contribution in [2.45, 2.75) is 26.3 Å². The molecule has 1 fully saturated rings. The van der Waals surface area contributed by atoms with Crippen molar-refractivity contribution < 1.29 is 4.79 Å². The van der Waals surface area contributed by atoms with Gasteiger partial charge in [0.2, 0.25) is 0 Å². The molecule has 6 nitrogen and oxygen atoms in total. The minimum absolute atomic E-state index is 0.0188. The Morgan fingerprint density at radius 3 is 2.58 bits per heavy atom. The molecule has 4 rings (SSSR count). The molecule has 26 heavy (non-hydrogen) atoms. The molecule has 1 unspecified atom stereocenters. The van der Waals surface area contributed by atoms with Crippen LogP contribution in [-0.4, -0.2) is 64.4 Å². The molecule has 0 radical (unpaired) electrons. The van der Waals surface area contributed by atoms with E-state index in [9.17, 15) is 4.79 Å². The normalized spacial score (nSPS) is 20.3. The summed E-state index contributed by atoms with van der Waals surface area (Å²) in [6.45, 7) is 8.74. The zero-order chi connectivity index (χ0) is 18.1. The molecule has 2 aromatic rings. The number of hydrogen-bond acceptors (Lipinski definition) is 5. The number of nitrogens with zero attached hydrogens (tertiary/aromatic N) is 5. The Kier molecular flexibility index (Phi) is 4.59. The minimum atomic E-state index is -0.0188. The summed E-state index contributed by atoms with van der Waals surface area (Å²) in [6.07, 6.45) is 4.35. The van der Waals surface area contributed by atoms with Gasteiger partial charge in [-0.1, -0.05) is 25.1 Å². The molecule has 0 spiro atoms. The van der Waals surface area contributed by atoms with Crippen LogP contribution in [0.1, 0.15) is 29.9 Å². The van der Waals surface area contributed by atoms with Crippen LogP contribution >= 0.6 is 0 Å². The quantitative estimate of drug-likeness (QED) is 0.850. The Morgan fingerprint density at radius 1 is 1.12 bits per heavy atom. The molecule has 1 saturated heterocycles. The number of hydrogen-bond donors (Lipinski definition) is 0. The van der Waals surface area contributed by atoms with E-state index in [1.807, 2.05) is 11.0 Å². The van der Waals surface area contributed by atoms with Gasteiger partial charge in [0.1, 0.15) is 5.69 Å². The van der Waals surface area contributed by atoms with Gasteiger partial charge in [0, 0.05) is 37.9 Å². The van der Waals surface area contributed by atoms with E-state index in [1.165, 1.54) is 11.3 Å². The molecule has 1 amide bonds. The molecule has 1 atom stereocenters. The molecular weight excluding hydrogens is 326 g/mol. The first-order valence-electron chi connectivity index (χ1n) is 9.38. The number of amides is 1. The number of likely N-dealkylation sites (N-methyl/N-ethyl adjacent to an activating group) is 1. The zero-order valence-corrected chi connectivity index (χ0v) is 15.4. The molecule has 2 aliphatic rings. The summed E-state index contributed by atoms with van der Waals surface area (Å²) < 4.78 is 0. The second-order valence-electron chi connectivity index (χ2n) is 7.04. The number of benzene rings is 1. The van der Waals surface area contributed by atoms with Crippen molar-refractivity contribution in [1.82, 2.24) is 19.8 Å². The predicted octanol–water partition coefficient (Wildman–Crippen LogP) is 2.34. The maximum atomic E-state index is 12.7. The number of carbonyl (C=O) groups is 1. The van der Waals surface area contributed by atoms with Crippen molar-refractivity contribution in [2.75, 3.05) is 37.6 Å². The van der Waals surface area contributed by atoms with Gasteiger partial charge in [0.15, 0.2) is 5.82 Å². The first kappa shape index (κ1) is 17.0. The van der Waals surface area contributed by atoms with Crippen LogP contribution in [-0.2, 0) is 6.42 Å². The van der Waals surface area contributed by atoms with E-state index in [4.69, 9.17) is 0 Å². The topological polar surface area (TPSA) is 52.6 Å². The molecule has 1 aromatic carbocycles. The lowest BCUT2D eigenvalue weighted by Crippen LogP contribution is -2.48. The van der Waals surface area contributed by atoms with Crippen LogP contribution in [0.3, 0.4) is 0 Å². The molecule has 0 bridgehead atoms. The standard InChI is InChI=1S/C20H25N5O/c1-3-23-8-10-24(11-9-23)20(26)17-13-22-19(14-21-17)25-15(2)12-16-6-4-5-7-18(16)25/h4-7,13-15H,3,8-12H2,1-2H3. The fourth-order valence-electron chi connectivity index (χ4n) is 3.90. The highest BCUT2D eigenvalue weighted by Gasteiger charge is 2.28. The summed E-state index contributed by atoms with van der Waals surface area (Å²) in [5.74, 6) is 0.782. The molecule has 1 aromatic heterocycles. The van der Waals surface area contributed by atoms with Crippen LogP contribution in [0, 0.1) is 0 Å². The summed E-state index contributed by atoms with van der Waals surface area (Å²) in [5.41, 5.74) is 2.94. The van der Waals surface area contributed by atoms with E-state index >= 15 is 0 Å². The van der Waals surface area contributed by atoms with Crippen molar-refractivity contribution in [2.24, 2.45) is 0 Å².